The molecule has 0 spiro atoms. The summed E-state index contributed by atoms with van der Waals surface area (Å²) in [6, 6.07) is 2.65. The van der Waals surface area contributed by atoms with Crippen LogP contribution in [0.4, 0.5) is 15.2 Å². The average molecular weight is 489 g/mol. The minimum absolute atomic E-state index is 0.0804. The van der Waals surface area contributed by atoms with E-state index in [2.05, 4.69) is 19.9 Å². The summed E-state index contributed by atoms with van der Waals surface area (Å²) in [7, 11) is -4.14. The molecule has 1 aromatic heterocycles. The third-order valence-corrected chi connectivity index (χ3v) is 8.49. The van der Waals surface area contributed by atoms with Crippen molar-refractivity contribution in [3.63, 3.8) is 0 Å². The van der Waals surface area contributed by atoms with E-state index in [0.29, 0.717) is 5.69 Å². The maximum absolute atomic E-state index is 14.8. The van der Waals surface area contributed by atoms with Gasteiger partial charge in [-0.05, 0) is 37.8 Å². The van der Waals surface area contributed by atoms with E-state index in [9.17, 15) is 17.9 Å². The van der Waals surface area contributed by atoms with Crippen molar-refractivity contribution >= 4 is 43.8 Å². The fourth-order valence-corrected chi connectivity index (χ4v) is 6.58. The Morgan fingerprint density at radius 3 is 2.65 bits per heavy atom. The number of nitrogens with one attached hydrogen (secondary N) is 2. The molecule has 0 bridgehead atoms. The summed E-state index contributed by atoms with van der Waals surface area (Å²) < 4.78 is 42.2. The Balaban J connectivity index is 1.52. The third kappa shape index (κ3) is 5.31. The Morgan fingerprint density at radius 1 is 1.19 bits per heavy atom. The van der Waals surface area contributed by atoms with Crippen LogP contribution in [0.3, 0.4) is 0 Å². The van der Waals surface area contributed by atoms with Gasteiger partial charge in [-0.2, -0.15) is 0 Å². The number of hydrogen-bond acceptors (Lipinski definition) is 7. The van der Waals surface area contributed by atoms with Crippen molar-refractivity contribution in [3.05, 3.63) is 34.5 Å². The Bertz CT molecular complexity index is 998. The first kappa shape index (κ1) is 22.7. The van der Waals surface area contributed by atoms with E-state index < -0.39 is 20.7 Å². The van der Waals surface area contributed by atoms with Crippen LogP contribution < -0.4 is 10.0 Å². The second-order valence-corrected chi connectivity index (χ2v) is 11.0. The van der Waals surface area contributed by atoms with E-state index in [1.54, 1.807) is 5.38 Å². The summed E-state index contributed by atoms with van der Waals surface area (Å²) in [5, 5.41) is 15.1. The first-order chi connectivity index (χ1) is 14.8. The zero-order valence-electron chi connectivity index (χ0n) is 16.9. The molecule has 0 radical (unpaired) electrons. The van der Waals surface area contributed by atoms with E-state index in [-0.39, 0.29) is 28.3 Å². The van der Waals surface area contributed by atoms with Gasteiger partial charge in [-0.1, -0.05) is 24.4 Å². The van der Waals surface area contributed by atoms with Gasteiger partial charge in [0.25, 0.3) is 10.0 Å². The number of aromatic nitrogens is 1. The number of benzene rings is 1. The second kappa shape index (κ2) is 9.58. The zero-order chi connectivity index (χ0) is 22.0. The van der Waals surface area contributed by atoms with Gasteiger partial charge in [-0.25, -0.2) is 17.8 Å². The molecule has 1 aromatic carbocycles. The smallest absolute Gasteiger partial charge is 0.266 e. The highest BCUT2D eigenvalue weighted by molar-refractivity contribution is 7.93. The number of nitrogens with zero attached hydrogens (tertiary/aromatic N) is 2. The van der Waals surface area contributed by atoms with Gasteiger partial charge in [0.05, 0.1) is 16.8 Å². The summed E-state index contributed by atoms with van der Waals surface area (Å²) in [6.45, 7) is 1.68. The number of likely N-dealkylation sites (tertiary alicyclic amines) is 1. The molecule has 2 fully saturated rings. The molecule has 11 heteroatoms. The fourth-order valence-electron chi connectivity index (χ4n) is 4.42. The Kier molecular flexibility index (Phi) is 7.02. The second-order valence-electron chi connectivity index (χ2n) is 8.08. The predicted molar refractivity (Wildman–Crippen MR) is 121 cm³/mol. The molecule has 3 N–H and O–H groups in total. The van der Waals surface area contributed by atoms with Crippen molar-refractivity contribution in [2.45, 2.75) is 61.6 Å². The van der Waals surface area contributed by atoms with Crippen molar-refractivity contribution in [1.29, 1.82) is 0 Å². The molecule has 2 heterocycles. The molecule has 4 rings (SSSR count). The molecule has 1 saturated heterocycles. The van der Waals surface area contributed by atoms with Crippen molar-refractivity contribution in [2.24, 2.45) is 0 Å². The fraction of sp³-hybridized carbons (Fsp3) is 0.550. The van der Waals surface area contributed by atoms with Crippen LogP contribution in [0.25, 0.3) is 0 Å². The van der Waals surface area contributed by atoms with Gasteiger partial charge in [0.2, 0.25) is 0 Å². The summed E-state index contributed by atoms with van der Waals surface area (Å²) in [4.78, 5) is 5.75. The topological polar surface area (TPSA) is 94.6 Å². The van der Waals surface area contributed by atoms with Crippen LogP contribution in [0.1, 0.15) is 38.5 Å². The molecule has 2 aliphatic rings. The molecule has 31 heavy (non-hydrogen) atoms. The first-order valence-electron chi connectivity index (χ1n) is 10.4. The summed E-state index contributed by atoms with van der Waals surface area (Å²) in [5.41, 5.74) is 0.390. The minimum Gasteiger partial charge on any atom is -0.393 e. The zero-order valence-corrected chi connectivity index (χ0v) is 19.3. The summed E-state index contributed by atoms with van der Waals surface area (Å²) in [5.74, 6) is -0.871. The molecule has 1 aliphatic carbocycles. The minimum atomic E-state index is -4.14. The van der Waals surface area contributed by atoms with Gasteiger partial charge in [0, 0.05) is 36.8 Å². The number of anilines is 2. The standard InChI is InChI=1S/C20H26ClFN4O3S2/c21-14-11-19(31(28,29)25-20-23-7-10-30-20)15(22)12-17(14)24-16-3-1-2-4-18(16)26-8-5-13(27)6-9-26/h7,10-13,16,18,24,27H,1-6,8-9H2,(H,23,25)/t16-,18-/m0/s1. The molecule has 2 aromatic rings. The van der Waals surface area contributed by atoms with E-state index in [4.69, 9.17) is 11.6 Å². The molecule has 0 unspecified atom stereocenters. The lowest BCUT2D eigenvalue weighted by Crippen LogP contribution is -2.52. The number of rotatable bonds is 6. The average Bonchev–Trinajstić information content (AvgIpc) is 3.24. The number of thiazole rings is 1. The maximum Gasteiger partial charge on any atom is 0.266 e. The summed E-state index contributed by atoms with van der Waals surface area (Å²) >= 11 is 7.49. The lowest BCUT2D eigenvalue weighted by atomic mass is 9.87. The van der Waals surface area contributed by atoms with Crippen LogP contribution in [0.15, 0.2) is 28.6 Å². The van der Waals surface area contributed by atoms with Gasteiger partial charge in [-0.15, -0.1) is 11.3 Å². The molecular weight excluding hydrogens is 463 g/mol. The SMILES string of the molecule is O=S(=O)(Nc1nccs1)c1cc(Cl)c(N[C@H]2CCCC[C@@H]2N2CCC(O)CC2)cc1F. The first-order valence-corrected chi connectivity index (χ1v) is 13.2. The Morgan fingerprint density at radius 2 is 1.94 bits per heavy atom. The number of piperidine rings is 1. The number of hydrogen-bond donors (Lipinski definition) is 3. The van der Waals surface area contributed by atoms with Gasteiger partial charge in [0.1, 0.15) is 10.7 Å². The van der Waals surface area contributed by atoms with Gasteiger partial charge >= 0.3 is 0 Å². The van der Waals surface area contributed by atoms with Crippen LogP contribution in [0, 0.1) is 5.82 Å². The molecule has 2 atom stereocenters. The Labute approximate surface area is 190 Å². The van der Waals surface area contributed by atoms with Crippen LogP contribution in [0.5, 0.6) is 0 Å². The molecule has 170 valence electrons. The van der Waals surface area contributed by atoms with Gasteiger partial charge in [-0.3, -0.25) is 9.62 Å². The van der Waals surface area contributed by atoms with E-state index in [1.165, 1.54) is 6.20 Å². The molecular formula is C20H26ClFN4O3S2. The van der Waals surface area contributed by atoms with E-state index in [1.807, 2.05) is 0 Å². The summed E-state index contributed by atoms with van der Waals surface area (Å²) in [6.07, 6.45) is 6.89. The van der Waals surface area contributed by atoms with Crippen LogP contribution in [-0.2, 0) is 10.0 Å². The largest absolute Gasteiger partial charge is 0.393 e. The van der Waals surface area contributed by atoms with Crippen molar-refractivity contribution in [3.8, 4) is 0 Å². The number of halogens is 2. The number of sulfonamides is 1. The molecule has 0 amide bonds. The normalized spacial score (nSPS) is 23.6. The highest BCUT2D eigenvalue weighted by atomic mass is 35.5. The highest BCUT2D eigenvalue weighted by Gasteiger charge is 2.33. The van der Waals surface area contributed by atoms with Crippen LogP contribution in [0.2, 0.25) is 5.02 Å². The quantitative estimate of drug-likeness (QED) is 0.570. The maximum atomic E-state index is 14.8. The highest BCUT2D eigenvalue weighted by Crippen LogP contribution is 2.33. The number of aliphatic hydroxyl groups excluding tert-OH is 1. The van der Waals surface area contributed by atoms with Gasteiger partial charge in [0.15, 0.2) is 5.13 Å². The lowest BCUT2D eigenvalue weighted by molar-refractivity contribution is 0.0466. The third-order valence-electron chi connectivity index (χ3n) is 6.00. The molecule has 1 aliphatic heterocycles. The lowest BCUT2D eigenvalue weighted by Gasteiger charge is -2.43. The molecule has 7 nitrogen and oxygen atoms in total. The van der Waals surface area contributed by atoms with E-state index in [0.717, 1.165) is 75.1 Å². The van der Waals surface area contributed by atoms with E-state index >= 15 is 0 Å². The van der Waals surface area contributed by atoms with Crippen molar-refractivity contribution in [1.82, 2.24) is 9.88 Å². The van der Waals surface area contributed by atoms with Crippen LogP contribution in [-0.4, -0.2) is 54.7 Å². The predicted octanol–water partition coefficient (Wildman–Crippen LogP) is 3.92. The Hall–Kier alpha value is -1.46. The number of aliphatic hydroxyl groups is 1. The van der Waals surface area contributed by atoms with Crippen molar-refractivity contribution < 1.29 is 17.9 Å². The van der Waals surface area contributed by atoms with Crippen molar-refractivity contribution in [2.75, 3.05) is 23.1 Å². The van der Waals surface area contributed by atoms with Gasteiger partial charge < -0.3 is 10.4 Å². The van der Waals surface area contributed by atoms with Crippen LogP contribution >= 0.6 is 22.9 Å². The monoisotopic (exact) mass is 488 g/mol. The molecule has 1 saturated carbocycles.